The molecule has 0 unspecified atom stereocenters. The lowest BCUT2D eigenvalue weighted by atomic mass is 10.1. The third-order valence-electron chi connectivity index (χ3n) is 3.73. The summed E-state index contributed by atoms with van der Waals surface area (Å²) in [6, 6.07) is 10.2. The van der Waals surface area contributed by atoms with E-state index in [1.165, 1.54) is 12.1 Å². The molecule has 0 fully saturated rings. The molecule has 6 nitrogen and oxygen atoms in total. The average molecular weight is 499 g/mol. The van der Waals surface area contributed by atoms with Crippen LogP contribution >= 0.6 is 24.0 Å². The van der Waals surface area contributed by atoms with Crippen LogP contribution in [0.5, 0.6) is 0 Å². The molecule has 0 saturated heterocycles. The Bertz CT molecular complexity index is 767. The second-order valence-electron chi connectivity index (χ2n) is 6.09. The maximum atomic E-state index is 13.2. The number of nitrogens with one attached hydrogen (secondary N) is 3. The number of hydrogen-bond acceptors (Lipinski definition) is 3. The molecule has 1 aromatic heterocycles. The van der Waals surface area contributed by atoms with Crippen LogP contribution in [0.2, 0.25) is 0 Å². The first-order valence-electron chi connectivity index (χ1n) is 9.06. The van der Waals surface area contributed by atoms with E-state index in [9.17, 15) is 9.18 Å². The maximum absolute atomic E-state index is 13.2. The third kappa shape index (κ3) is 9.12. The second kappa shape index (κ2) is 13.0. The Morgan fingerprint density at radius 1 is 1.21 bits per heavy atom. The van der Waals surface area contributed by atoms with Gasteiger partial charge < -0.3 is 16.0 Å². The summed E-state index contributed by atoms with van der Waals surface area (Å²) in [6.07, 6.45) is 2.65. The van der Waals surface area contributed by atoms with Gasteiger partial charge in [-0.15, -0.1) is 24.0 Å². The molecule has 152 valence electrons. The predicted molar refractivity (Wildman–Crippen MR) is 122 cm³/mol. The van der Waals surface area contributed by atoms with Gasteiger partial charge in [-0.2, -0.15) is 0 Å². The number of aromatic nitrogens is 1. The predicted octanol–water partition coefficient (Wildman–Crippen LogP) is 3.27. The number of hydrogen-bond donors (Lipinski definition) is 3. The van der Waals surface area contributed by atoms with E-state index in [0.717, 1.165) is 11.1 Å². The molecular formula is C20H27FIN5O. The molecule has 1 heterocycles. The van der Waals surface area contributed by atoms with Crippen molar-refractivity contribution in [1.82, 2.24) is 15.6 Å². The number of carbonyl (C=O) groups is 1. The van der Waals surface area contributed by atoms with Crippen LogP contribution in [-0.4, -0.2) is 36.5 Å². The molecule has 2 aromatic rings. The van der Waals surface area contributed by atoms with Gasteiger partial charge in [0.05, 0.1) is 6.54 Å². The maximum Gasteiger partial charge on any atom is 0.227 e. The van der Waals surface area contributed by atoms with E-state index in [2.05, 4.69) is 25.9 Å². The Balaban J connectivity index is 0.00000392. The number of aryl methyl sites for hydroxylation is 1. The number of amides is 1. The Hall–Kier alpha value is -2.23. The summed E-state index contributed by atoms with van der Waals surface area (Å²) in [5, 5.41) is 9.07. The molecule has 0 atom stereocenters. The second-order valence-corrected chi connectivity index (χ2v) is 6.09. The zero-order valence-electron chi connectivity index (χ0n) is 16.2. The van der Waals surface area contributed by atoms with Crippen molar-refractivity contribution in [2.24, 2.45) is 4.99 Å². The van der Waals surface area contributed by atoms with Crippen molar-refractivity contribution < 1.29 is 9.18 Å². The van der Waals surface area contributed by atoms with Gasteiger partial charge in [-0.1, -0.05) is 18.2 Å². The fourth-order valence-electron chi connectivity index (χ4n) is 2.38. The van der Waals surface area contributed by atoms with Crippen LogP contribution in [0.4, 0.5) is 10.2 Å². The van der Waals surface area contributed by atoms with E-state index < -0.39 is 0 Å². The molecule has 0 aliphatic carbocycles. The SMILES string of the molecule is CCNC(=NCCC(=O)Nc1ccc(C)cn1)NCCc1cccc(F)c1.I. The zero-order valence-corrected chi connectivity index (χ0v) is 18.5. The van der Waals surface area contributed by atoms with Crippen molar-refractivity contribution >= 4 is 41.7 Å². The van der Waals surface area contributed by atoms with Crippen LogP contribution in [0.3, 0.4) is 0 Å². The molecule has 0 radical (unpaired) electrons. The van der Waals surface area contributed by atoms with E-state index in [-0.39, 0.29) is 42.1 Å². The topological polar surface area (TPSA) is 78.4 Å². The molecular weight excluding hydrogens is 472 g/mol. The quantitative estimate of drug-likeness (QED) is 0.296. The Kier molecular flexibility index (Phi) is 11.1. The highest BCUT2D eigenvalue weighted by Crippen LogP contribution is 2.05. The Morgan fingerprint density at radius 3 is 2.71 bits per heavy atom. The Morgan fingerprint density at radius 2 is 2.04 bits per heavy atom. The van der Waals surface area contributed by atoms with Gasteiger partial charge >= 0.3 is 0 Å². The third-order valence-corrected chi connectivity index (χ3v) is 3.73. The van der Waals surface area contributed by atoms with Gasteiger partial charge in [0.1, 0.15) is 11.6 Å². The van der Waals surface area contributed by atoms with Crippen molar-refractivity contribution in [2.45, 2.75) is 26.7 Å². The fraction of sp³-hybridized carbons (Fsp3) is 0.350. The van der Waals surface area contributed by atoms with Crippen LogP contribution in [0, 0.1) is 12.7 Å². The number of halogens is 2. The van der Waals surface area contributed by atoms with E-state index in [1.807, 2.05) is 26.0 Å². The summed E-state index contributed by atoms with van der Waals surface area (Å²) >= 11 is 0. The Labute approximate surface area is 182 Å². The lowest BCUT2D eigenvalue weighted by molar-refractivity contribution is -0.116. The minimum Gasteiger partial charge on any atom is -0.357 e. The van der Waals surface area contributed by atoms with Crippen molar-refractivity contribution in [1.29, 1.82) is 0 Å². The van der Waals surface area contributed by atoms with Crippen LogP contribution < -0.4 is 16.0 Å². The first-order valence-corrected chi connectivity index (χ1v) is 9.06. The number of pyridine rings is 1. The lowest BCUT2D eigenvalue weighted by Gasteiger charge is -2.11. The number of anilines is 1. The van der Waals surface area contributed by atoms with E-state index in [1.54, 1.807) is 18.3 Å². The van der Waals surface area contributed by atoms with Gasteiger partial charge in [0.2, 0.25) is 5.91 Å². The van der Waals surface area contributed by atoms with E-state index in [4.69, 9.17) is 0 Å². The van der Waals surface area contributed by atoms with Crippen molar-refractivity contribution in [3.05, 3.63) is 59.5 Å². The van der Waals surface area contributed by atoms with Crippen LogP contribution in [-0.2, 0) is 11.2 Å². The molecule has 28 heavy (non-hydrogen) atoms. The average Bonchev–Trinajstić information content (AvgIpc) is 2.64. The monoisotopic (exact) mass is 499 g/mol. The van der Waals surface area contributed by atoms with Crippen molar-refractivity contribution in [3.8, 4) is 0 Å². The van der Waals surface area contributed by atoms with Gasteiger partial charge in [0, 0.05) is 25.7 Å². The highest BCUT2D eigenvalue weighted by Gasteiger charge is 2.04. The molecule has 0 aliphatic rings. The largest absolute Gasteiger partial charge is 0.357 e. The van der Waals surface area contributed by atoms with Gasteiger partial charge in [-0.25, -0.2) is 9.37 Å². The molecule has 8 heteroatoms. The molecule has 1 amide bonds. The molecule has 3 N–H and O–H groups in total. The number of rotatable bonds is 8. The van der Waals surface area contributed by atoms with E-state index >= 15 is 0 Å². The number of aliphatic imine (C=N–C) groups is 1. The standard InChI is InChI=1S/C20H26FN5O.HI/c1-3-22-20(23-11-9-16-5-4-6-17(21)13-16)24-12-10-19(27)26-18-8-7-15(2)14-25-18;/h4-8,13-14H,3,9-12H2,1-2H3,(H2,22,23,24)(H,25,26,27);1H. The zero-order chi connectivity index (χ0) is 19.5. The van der Waals surface area contributed by atoms with Gasteiger partial charge in [0.25, 0.3) is 0 Å². The molecule has 2 rings (SSSR count). The molecule has 1 aromatic carbocycles. The van der Waals surface area contributed by atoms with Crippen molar-refractivity contribution in [2.75, 3.05) is 25.0 Å². The summed E-state index contributed by atoms with van der Waals surface area (Å²) < 4.78 is 13.2. The number of carbonyl (C=O) groups excluding carboxylic acids is 1. The minimum absolute atomic E-state index is 0. The number of guanidine groups is 1. The molecule has 0 saturated carbocycles. The summed E-state index contributed by atoms with van der Waals surface area (Å²) in [4.78, 5) is 20.5. The summed E-state index contributed by atoms with van der Waals surface area (Å²) in [5.41, 5.74) is 1.96. The first kappa shape index (κ1) is 23.8. The summed E-state index contributed by atoms with van der Waals surface area (Å²) in [6.45, 7) is 5.60. The highest BCUT2D eigenvalue weighted by atomic mass is 127. The minimum atomic E-state index is -0.234. The first-order chi connectivity index (χ1) is 13.1. The lowest BCUT2D eigenvalue weighted by Crippen LogP contribution is -2.38. The smallest absolute Gasteiger partial charge is 0.227 e. The number of benzene rings is 1. The van der Waals surface area contributed by atoms with Gasteiger partial charge in [-0.05, 0) is 49.6 Å². The summed E-state index contributed by atoms with van der Waals surface area (Å²) in [7, 11) is 0. The van der Waals surface area contributed by atoms with Gasteiger partial charge in [-0.3, -0.25) is 9.79 Å². The molecule has 0 bridgehead atoms. The normalized spacial score (nSPS) is 10.8. The van der Waals surface area contributed by atoms with Crippen LogP contribution in [0.1, 0.15) is 24.5 Å². The van der Waals surface area contributed by atoms with Crippen molar-refractivity contribution in [3.63, 3.8) is 0 Å². The molecule has 0 spiro atoms. The fourth-order valence-corrected chi connectivity index (χ4v) is 2.38. The summed E-state index contributed by atoms with van der Waals surface area (Å²) in [5.74, 6) is 0.803. The molecule has 0 aliphatic heterocycles. The van der Waals surface area contributed by atoms with Gasteiger partial charge in [0.15, 0.2) is 5.96 Å². The highest BCUT2D eigenvalue weighted by molar-refractivity contribution is 14.0. The number of nitrogens with zero attached hydrogens (tertiary/aromatic N) is 2. The van der Waals surface area contributed by atoms with Crippen LogP contribution in [0.15, 0.2) is 47.6 Å². The van der Waals surface area contributed by atoms with E-state index in [0.29, 0.717) is 37.8 Å². The van der Waals surface area contributed by atoms with Crippen LogP contribution in [0.25, 0.3) is 0 Å².